The number of halogens is 2. The van der Waals surface area contributed by atoms with E-state index >= 15 is 0 Å². The topological polar surface area (TPSA) is 97.9 Å². The van der Waals surface area contributed by atoms with Gasteiger partial charge in [0.05, 0.1) is 35.5 Å². The number of rotatable bonds is 3. The molecule has 9 nitrogen and oxygen atoms in total. The summed E-state index contributed by atoms with van der Waals surface area (Å²) in [5.74, 6) is -0.264. The molecule has 0 saturated heterocycles. The first-order valence-electron chi connectivity index (χ1n) is 13.6. The van der Waals surface area contributed by atoms with Crippen LogP contribution in [-0.4, -0.2) is 48.0 Å². The molecular weight excluding hydrogens is 561 g/mol. The summed E-state index contributed by atoms with van der Waals surface area (Å²) in [6.45, 7) is 2.48. The molecule has 210 valence electrons. The van der Waals surface area contributed by atoms with Gasteiger partial charge in [0.1, 0.15) is 0 Å². The predicted molar refractivity (Wildman–Crippen MR) is 159 cm³/mol. The zero-order valence-electron chi connectivity index (χ0n) is 22.7. The predicted octanol–water partition coefficient (Wildman–Crippen LogP) is 6.09. The number of nitrogens with one attached hydrogen (secondary N) is 1. The number of anilines is 1. The lowest BCUT2D eigenvalue weighted by molar-refractivity contribution is -0.129. The van der Waals surface area contributed by atoms with Gasteiger partial charge >= 0.3 is 0 Å². The van der Waals surface area contributed by atoms with Crippen molar-refractivity contribution >= 4 is 46.3 Å². The first-order chi connectivity index (χ1) is 19.8. The van der Waals surface area contributed by atoms with E-state index in [1.807, 2.05) is 43.1 Å². The van der Waals surface area contributed by atoms with Crippen LogP contribution < -0.4 is 5.32 Å². The van der Waals surface area contributed by atoms with E-state index in [0.29, 0.717) is 30.1 Å². The van der Waals surface area contributed by atoms with Crippen molar-refractivity contribution in [2.45, 2.75) is 38.6 Å². The maximum atomic E-state index is 13.8. The highest BCUT2D eigenvalue weighted by Gasteiger charge is 2.30. The molecule has 6 rings (SSSR count). The second-order valence-electron chi connectivity index (χ2n) is 10.6. The van der Waals surface area contributed by atoms with Crippen LogP contribution >= 0.6 is 23.2 Å². The third-order valence-corrected chi connectivity index (χ3v) is 8.31. The normalized spacial score (nSPS) is 19.6. The van der Waals surface area contributed by atoms with E-state index in [0.717, 1.165) is 46.5 Å². The molecular formula is C30H29Cl2N7O2. The first kappa shape index (κ1) is 27.2. The highest BCUT2D eigenvalue weighted by molar-refractivity contribution is 6.31. The fraction of sp³-hybridized carbons (Fsp3) is 0.300. The zero-order valence-corrected chi connectivity index (χ0v) is 24.2. The van der Waals surface area contributed by atoms with Gasteiger partial charge in [0.2, 0.25) is 11.8 Å². The fourth-order valence-electron chi connectivity index (χ4n) is 5.77. The largest absolute Gasteiger partial charge is 0.332 e. The van der Waals surface area contributed by atoms with Gasteiger partial charge in [-0.15, -0.1) is 5.10 Å². The summed E-state index contributed by atoms with van der Waals surface area (Å²) in [6.07, 6.45) is 7.91. The van der Waals surface area contributed by atoms with Crippen LogP contribution in [0.5, 0.6) is 0 Å². The minimum atomic E-state index is -0.170. The van der Waals surface area contributed by atoms with E-state index in [4.69, 9.17) is 23.2 Å². The molecule has 2 atom stereocenters. The number of aryl methyl sites for hydroxylation is 1. The van der Waals surface area contributed by atoms with E-state index in [2.05, 4.69) is 32.9 Å². The third kappa shape index (κ3) is 5.39. The Labute approximate surface area is 247 Å². The Balaban J connectivity index is 1.36. The molecule has 4 aromatic rings. The van der Waals surface area contributed by atoms with Crippen molar-refractivity contribution in [2.24, 2.45) is 13.0 Å². The van der Waals surface area contributed by atoms with E-state index < -0.39 is 0 Å². The lowest BCUT2D eigenvalue weighted by Gasteiger charge is -2.35. The highest BCUT2D eigenvalue weighted by atomic mass is 35.5. The number of nitrogens with zero attached hydrogens (tertiary/aromatic N) is 6. The SMILES string of the molecule is CC1CCCC(N2CCC(c3cc(Cl)ccc3-n3cc(Cl)nn3)=CC2=O)c2cccc(c2)-c2c(cnn2C)NC1=O. The lowest BCUT2D eigenvalue weighted by Crippen LogP contribution is -2.37. The maximum absolute atomic E-state index is 13.8. The number of amides is 2. The van der Waals surface area contributed by atoms with Gasteiger partial charge in [0, 0.05) is 41.7 Å². The number of hydrogen-bond donors (Lipinski definition) is 1. The van der Waals surface area contributed by atoms with Gasteiger partial charge in [-0.25, -0.2) is 4.68 Å². The Kier molecular flexibility index (Phi) is 7.40. The third-order valence-electron chi connectivity index (χ3n) is 7.90. The molecule has 2 amide bonds. The summed E-state index contributed by atoms with van der Waals surface area (Å²) in [5.41, 5.74) is 5.95. The molecule has 41 heavy (non-hydrogen) atoms. The van der Waals surface area contributed by atoms with Crippen molar-refractivity contribution in [3.8, 4) is 16.9 Å². The Morgan fingerprint density at radius 1 is 1.07 bits per heavy atom. The second-order valence-corrected chi connectivity index (χ2v) is 11.4. The van der Waals surface area contributed by atoms with Gasteiger partial charge in [-0.2, -0.15) is 5.10 Å². The Morgan fingerprint density at radius 2 is 1.93 bits per heavy atom. The summed E-state index contributed by atoms with van der Waals surface area (Å²) >= 11 is 12.4. The molecule has 2 aromatic heterocycles. The van der Waals surface area contributed by atoms with Gasteiger partial charge < -0.3 is 10.2 Å². The van der Waals surface area contributed by atoms with Gasteiger partial charge in [-0.1, -0.05) is 60.0 Å². The van der Waals surface area contributed by atoms with Gasteiger partial charge in [0.15, 0.2) is 5.15 Å². The van der Waals surface area contributed by atoms with E-state index in [1.54, 1.807) is 33.9 Å². The quantitative estimate of drug-likeness (QED) is 0.312. The zero-order chi connectivity index (χ0) is 28.7. The van der Waals surface area contributed by atoms with Crippen LogP contribution in [0.1, 0.15) is 49.8 Å². The van der Waals surface area contributed by atoms with Gasteiger partial charge in [0.25, 0.3) is 0 Å². The molecule has 2 unspecified atom stereocenters. The van der Waals surface area contributed by atoms with Crippen LogP contribution in [0, 0.1) is 5.92 Å². The molecule has 0 aliphatic carbocycles. The Hall–Kier alpha value is -3.95. The molecule has 2 aliphatic rings. The maximum Gasteiger partial charge on any atom is 0.247 e. The first-order valence-corrected chi connectivity index (χ1v) is 14.4. The van der Waals surface area contributed by atoms with Crippen LogP contribution in [-0.2, 0) is 16.6 Å². The van der Waals surface area contributed by atoms with Crippen LogP contribution in [0.15, 0.2) is 60.9 Å². The number of aromatic nitrogens is 5. The van der Waals surface area contributed by atoms with Crippen molar-refractivity contribution in [1.82, 2.24) is 29.7 Å². The molecule has 0 fully saturated rings. The smallest absolute Gasteiger partial charge is 0.247 e. The van der Waals surface area contributed by atoms with E-state index in [-0.39, 0.29) is 28.9 Å². The lowest BCUT2D eigenvalue weighted by atomic mass is 9.91. The number of benzene rings is 2. The van der Waals surface area contributed by atoms with Crippen LogP contribution in [0.2, 0.25) is 10.2 Å². The van der Waals surface area contributed by atoms with Gasteiger partial charge in [-0.05, 0) is 54.7 Å². The molecule has 2 aliphatic heterocycles. The molecule has 0 saturated carbocycles. The van der Waals surface area contributed by atoms with Crippen molar-refractivity contribution in [3.63, 3.8) is 0 Å². The average molecular weight is 591 g/mol. The van der Waals surface area contributed by atoms with E-state index in [9.17, 15) is 9.59 Å². The average Bonchev–Trinajstić information content (AvgIpc) is 3.55. The van der Waals surface area contributed by atoms with Crippen molar-refractivity contribution in [2.75, 3.05) is 11.9 Å². The minimum absolute atomic E-state index is 0.0276. The molecule has 11 heteroatoms. The van der Waals surface area contributed by atoms with Crippen molar-refractivity contribution in [3.05, 3.63) is 82.2 Å². The van der Waals surface area contributed by atoms with E-state index in [1.165, 1.54) is 0 Å². The molecule has 0 spiro atoms. The Morgan fingerprint density at radius 3 is 2.71 bits per heavy atom. The van der Waals surface area contributed by atoms with Gasteiger partial charge in [-0.3, -0.25) is 14.3 Å². The van der Waals surface area contributed by atoms with Crippen LogP contribution in [0.4, 0.5) is 5.69 Å². The number of carbonyl (C=O) groups excluding carboxylic acids is 2. The van der Waals surface area contributed by atoms with Crippen molar-refractivity contribution < 1.29 is 9.59 Å². The number of carbonyl (C=O) groups is 2. The molecule has 1 N–H and O–H groups in total. The Bertz CT molecular complexity index is 1670. The molecule has 4 heterocycles. The molecule has 0 radical (unpaired) electrons. The summed E-state index contributed by atoms with van der Waals surface area (Å²) < 4.78 is 3.36. The standard InChI is InChI=1S/C30H29Cl2N7O2/c1-18-5-3-8-25(20-6-4-7-21(13-20)29-24(34-30(18)41)16-33-37(29)2)38-12-11-19(14-28(38)40)23-15-22(31)9-10-26(23)39-17-27(32)35-36-39/h4,6-7,9-10,13-18,25H,3,5,8,11-12H2,1-2H3,(H,34,41). The van der Waals surface area contributed by atoms with Crippen molar-refractivity contribution in [1.29, 1.82) is 0 Å². The number of fused-ring (bicyclic) bond motifs is 4. The minimum Gasteiger partial charge on any atom is -0.332 e. The summed E-state index contributed by atoms with van der Waals surface area (Å²) in [4.78, 5) is 28.7. The summed E-state index contributed by atoms with van der Waals surface area (Å²) in [5, 5.41) is 16.3. The summed E-state index contributed by atoms with van der Waals surface area (Å²) in [6, 6.07) is 13.5. The van der Waals surface area contributed by atoms with Crippen LogP contribution in [0.3, 0.4) is 0 Å². The second kappa shape index (κ2) is 11.1. The monoisotopic (exact) mass is 589 g/mol. The number of hydrogen-bond acceptors (Lipinski definition) is 5. The fourth-order valence-corrected chi connectivity index (χ4v) is 6.07. The summed E-state index contributed by atoms with van der Waals surface area (Å²) in [7, 11) is 1.86. The highest BCUT2D eigenvalue weighted by Crippen LogP contribution is 2.37. The van der Waals surface area contributed by atoms with Crippen LogP contribution in [0.25, 0.3) is 22.5 Å². The molecule has 2 bridgehead atoms. The molecule has 2 aromatic carbocycles.